The minimum Gasteiger partial charge on any atom is -0.383 e. The molecule has 72 valence electrons. The first-order chi connectivity index (χ1) is 6.36. The van der Waals surface area contributed by atoms with Crippen molar-refractivity contribution in [2.75, 3.05) is 19.0 Å². The van der Waals surface area contributed by atoms with E-state index in [2.05, 4.69) is 17.2 Å². The van der Waals surface area contributed by atoms with Gasteiger partial charge < -0.3 is 10.1 Å². The van der Waals surface area contributed by atoms with E-state index in [1.807, 2.05) is 18.3 Å². The Balaban J connectivity index is 2.46. The third kappa shape index (κ3) is 3.42. The molecule has 0 amide bonds. The van der Waals surface area contributed by atoms with Crippen LogP contribution in [0.3, 0.4) is 0 Å². The Morgan fingerprint density at radius 1 is 1.62 bits per heavy atom. The van der Waals surface area contributed by atoms with E-state index in [1.165, 1.54) is 0 Å². The fourth-order valence-electron chi connectivity index (χ4n) is 1.15. The van der Waals surface area contributed by atoms with Crippen LogP contribution in [0.15, 0.2) is 24.5 Å². The number of ether oxygens (including phenoxy) is 1. The van der Waals surface area contributed by atoms with Gasteiger partial charge in [-0.15, -0.1) is 0 Å². The fourth-order valence-corrected chi connectivity index (χ4v) is 1.15. The third-order valence-corrected chi connectivity index (χ3v) is 1.89. The van der Waals surface area contributed by atoms with Crippen LogP contribution in [0.1, 0.15) is 13.3 Å². The van der Waals surface area contributed by atoms with Gasteiger partial charge in [-0.25, -0.2) is 0 Å². The van der Waals surface area contributed by atoms with Crippen molar-refractivity contribution >= 4 is 5.69 Å². The summed E-state index contributed by atoms with van der Waals surface area (Å²) in [5.74, 6) is 0. The van der Waals surface area contributed by atoms with Crippen LogP contribution in [0.5, 0.6) is 0 Å². The summed E-state index contributed by atoms with van der Waals surface area (Å²) in [6.45, 7) is 2.86. The first-order valence-corrected chi connectivity index (χ1v) is 4.52. The van der Waals surface area contributed by atoms with Crippen LogP contribution >= 0.6 is 0 Å². The maximum absolute atomic E-state index is 5.08. The van der Waals surface area contributed by atoms with Crippen molar-refractivity contribution in [3.8, 4) is 0 Å². The van der Waals surface area contributed by atoms with Gasteiger partial charge in [0.15, 0.2) is 0 Å². The molecule has 0 spiro atoms. The predicted molar refractivity (Wildman–Crippen MR) is 53.8 cm³/mol. The van der Waals surface area contributed by atoms with Gasteiger partial charge in [0.1, 0.15) is 0 Å². The number of hydrogen-bond donors (Lipinski definition) is 1. The molecule has 0 aromatic carbocycles. The highest BCUT2D eigenvalue weighted by atomic mass is 16.5. The molecule has 3 nitrogen and oxygen atoms in total. The van der Waals surface area contributed by atoms with Gasteiger partial charge in [0.05, 0.1) is 12.3 Å². The Morgan fingerprint density at radius 3 is 3.00 bits per heavy atom. The highest BCUT2D eigenvalue weighted by molar-refractivity contribution is 5.40. The average molecular weight is 180 g/mol. The molecular formula is C10H16N2O. The topological polar surface area (TPSA) is 34.1 Å². The van der Waals surface area contributed by atoms with Crippen LogP contribution < -0.4 is 5.32 Å². The van der Waals surface area contributed by atoms with E-state index in [1.54, 1.807) is 13.3 Å². The number of methoxy groups -OCH3 is 1. The van der Waals surface area contributed by atoms with Crippen molar-refractivity contribution in [2.24, 2.45) is 0 Å². The van der Waals surface area contributed by atoms with Crippen molar-refractivity contribution in [3.63, 3.8) is 0 Å². The van der Waals surface area contributed by atoms with Crippen molar-refractivity contribution in [2.45, 2.75) is 19.4 Å². The lowest BCUT2D eigenvalue weighted by Gasteiger charge is -2.16. The van der Waals surface area contributed by atoms with Crippen LogP contribution in [0.2, 0.25) is 0 Å². The minimum absolute atomic E-state index is 0.370. The number of nitrogens with zero attached hydrogens (tertiary/aromatic N) is 1. The molecule has 0 saturated carbocycles. The van der Waals surface area contributed by atoms with E-state index in [0.717, 1.165) is 18.7 Å². The van der Waals surface area contributed by atoms with Crippen molar-refractivity contribution < 1.29 is 4.74 Å². The molecule has 3 heteroatoms. The molecule has 1 unspecified atom stereocenters. The van der Waals surface area contributed by atoms with Gasteiger partial charge in [-0.1, -0.05) is 6.92 Å². The smallest absolute Gasteiger partial charge is 0.0663 e. The minimum atomic E-state index is 0.370. The molecule has 13 heavy (non-hydrogen) atoms. The predicted octanol–water partition coefficient (Wildman–Crippen LogP) is 1.92. The highest BCUT2D eigenvalue weighted by Gasteiger charge is 2.04. The standard InChI is InChI=1S/C10H16N2O/c1-3-9(8-13-2)12-10-5-4-6-11-7-10/h4-7,9,12H,3,8H2,1-2H3. The SMILES string of the molecule is CCC(COC)Nc1cccnc1. The third-order valence-electron chi connectivity index (χ3n) is 1.89. The van der Waals surface area contributed by atoms with Crippen LogP contribution in [-0.2, 0) is 4.74 Å². The van der Waals surface area contributed by atoms with Gasteiger partial charge in [-0.2, -0.15) is 0 Å². The van der Waals surface area contributed by atoms with E-state index in [-0.39, 0.29) is 0 Å². The van der Waals surface area contributed by atoms with Crippen molar-refractivity contribution in [1.29, 1.82) is 0 Å². The summed E-state index contributed by atoms with van der Waals surface area (Å²) in [5, 5.41) is 3.34. The zero-order valence-corrected chi connectivity index (χ0v) is 8.16. The first kappa shape index (κ1) is 9.99. The maximum Gasteiger partial charge on any atom is 0.0663 e. The largest absolute Gasteiger partial charge is 0.383 e. The molecule has 1 rings (SSSR count). The summed E-state index contributed by atoms with van der Waals surface area (Å²) in [4.78, 5) is 4.03. The summed E-state index contributed by atoms with van der Waals surface area (Å²) in [5.41, 5.74) is 1.05. The normalized spacial score (nSPS) is 12.5. The molecule has 1 aromatic heterocycles. The molecule has 0 bridgehead atoms. The fraction of sp³-hybridized carbons (Fsp3) is 0.500. The van der Waals surface area contributed by atoms with E-state index in [9.17, 15) is 0 Å². The maximum atomic E-state index is 5.08. The highest BCUT2D eigenvalue weighted by Crippen LogP contribution is 2.06. The number of pyridine rings is 1. The van der Waals surface area contributed by atoms with Crippen LogP contribution in [0, 0.1) is 0 Å². The second-order valence-electron chi connectivity index (χ2n) is 2.95. The summed E-state index contributed by atoms with van der Waals surface area (Å²) in [6, 6.07) is 4.29. The molecule has 0 aliphatic rings. The van der Waals surface area contributed by atoms with E-state index < -0.39 is 0 Å². The Kier molecular flexibility index (Phi) is 4.26. The molecule has 0 fully saturated rings. The van der Waals surface area contributed by atoms with Crippen LogP contribution in [0.4, 0.5) is 5.69 Å². The molecule has 1 atom stereocenters. The Labute approximate surface area is 79.1 Å². The van der Waals surface area contributed by atoms with Crippen molar-refractivity contribution in [1.82, 2.24) is 4.98 Å². The molecule has 1 heterocycles. The molecule has 1 N–H and O–H groups in total. The van der Waals surface area contributed by atoms with E-state index in [4.69, 9.17) is 4.74 Å². The zero-order chi connectivity index (χ0) is 9.52. The summed E-state index contributed by atoms with van der Waals surface area (Å²) >= 11 is 0. The van der Waals surface area contributed by atoms with E-state index in [0.29, 0.717) is 6.04 Å². The summed E-state index contributed by atoms with van der Waals surface area (Å²) in [6.07, 6.45) is 4.63. The number of aromatic nitrogens is 1. The second-order valence-corrected chi connectivity index (χ2v) is 2.95. The number of anilines is 1. The lowest BCUT2D eigenvalue weighted by atomic mass is 10.2. The van der Waals surface area contributed by atoms with Gasteiger partial charge >= 0.3 is 0 Å². The Hall–Kier alpha value is -1.09. The Bertz CT molecular complexity index is 226. The summed E-state index contributed by atoms with van der Waals surface area (Å²) in [7, 11) is 1.72. The quantitative estimate of drug-likeness (QED) is 0.751. The molecule has 0 aliphatic heterocycles. The van der Waals surface area contributed by atoms with Gasteiger partial charge in [0.2, 0.25) is 0 Å². The van der Waals surface area contributed by atoms with Crippen LogP contribution in [0.25, 0.3) is 0 Å². The number of hydrogen-bond acceptors (Lipinski definition) is 3. The molecule has 0 saturated heterocycles. The Morgan fingerprint density at radius 2 is 2.46 bits per heavy atom. The van der Waals surface area contributed by atoms with Gasteiger partial charge in [0, 0.05) is 25.5 Å². The first-order valence-electron chi connectivity index (χ1n) is 4.52. The number of rotatable bonds is 5. The number of nitrogens with one attached hydrogen (secondary N) is 1. The monoisotopic (exact) mass is 180 g/mol. The summed E-state index contributed by atoms with van der Waals surface area (Å²) < 4.78 is 5.08. The zero-order valence-electron chi connectivity index (χ0n) is 8.16. The lowest BCUT2D eigenvalue weighted by molar-refractivity contribution is 0.184. The molecule has 0 aliphatic carbocycles. The van der Waals surface area contributed by atoms with Gasteiger partial charge in [-0.05, 0) is 18.6 Å². The second kappa shape index (κ2) is 5.54. The molecule has 0 radical (unpaired) electrons. The van der Waals surface area contributed by atoms with Gasteiger partial charge in [0.25, 0.3) is 0 Å². The van der Waals surface area contributed by atoms with Gasteiger partial charge in [-0.3, -0.25) is 4.98 Å². The molecule has 1 aromatic rings. The molecular weight excluding hydrogens is 164 g/mol. The van der Waals surface area contributed by atoms with Crippen LogP contribution in [-0.4, -0.2) is 24.7 Å². The average Bonchev–Trinajstić information content (AvgIpc) is 2.19. The lowest BCUT2D eigenvalue weighted by Crippen LogP contribution is -2.23. The van der Waals surface area contributed by atoms with E-state index >= 15 is 0 Å². The van der Waals surface area contributed by atoms with Crippen molar-refractivity contribution in [3.05, 3.63) is 24.5 Å².